The molecule has 2 heterocycles. The monoisotopic (exact) mass is 285 g/mol. The van der Waals surface area contributed by atoms with Gasteiger partial charge in [-0.2, -0.15) is 0 Å². The minimum atomic E-state index is 0.175. The predicted octanol–water partition coefficient (Wildman–Crippen LogP) is 2.31. The Hall–Kier alpha value is -2.34. The van der Waals surface area contributed by atoms with Crippen molar-refractivity contribution in [2.75, 3.05) is 17.3 Å². The van der Waals surface area contributed by atoms with Crippen LogP contribution in [0.2, 0.25) is 0 Å². The molecule has 1 aliphatic rings. The van der Waals surface area contributed by atoms with Gasteiger partial charge in [-0.1, -0.05) is 18.2 Å². The van der Waals surface area contributed by atoms with Gasteiger partial charge >= 0.3 is 0 Å². The second-order valence-electron chi connectivity index (χ2n) is 5.11. The number of aromatic nitrogens is 2. The van der Waals surface area contributed by atoms with E-state index in [-0.39, 0.29) is 6.04 Å². The van der Waals surface area contributed by atoms with Gasteiger partial charge < -0.3 is 15.5 Å². The largest absolute Gasteiger partial charge is 0.493 e. The average Bonchev–Trinajstić information content (AvgIpc) is 2.51. The number of aryl methyl sites for hydroxylation is 1. The molecule has 21 heavy (non-hydrogen) atoms. The third-order valence-corrected chi connectivity index (χ3v) is 3.66. The van der Waals surface area contributed by atoms with Crippen molar-refractivity contribution < 1.29 is 4.74 Å². The molecule has 6 heteroatoms. The number of hydrogen-bond acceptors (Lipinski definition) is 6. The van der Waals surface area contributed by atoms with Crippen LogP contribution in [0.15, 0.2) is 24.3 Å². The van der Waals surface area contributed by atoms with E-state index >= 15 is 0 Å². The third kappa shape index (κ3) is 2.62. The summed E-state index contributed by atoms with van der Waals surface area (Å²) >= 11 is 0. The molecule has 0 aliphatic carbocycles. The molecule has 110 valence electrons. The Morgan fingerprint density at radius 1 is 1.19 bits per heavy atom. The van der Waals surface area contributed by atoms with E-state index in [4.69, 9.17) is 10.6 Å². The highest BCUT2D eigenvalue weighted by molar-refractivity contribution is 5.58. The molecule has 0 radical (unpaired) electrons. The van der Waals surface area contributed by atoms with Crippen molar-refractivity contribution in [1.29, 1.82) is 0 Å². The third-order valence-electron chi connectivity index (χ3n) is 3.66. The maximum absolute atomic E-state index is 5.69. The van der Waals surface area contributed by atoms with Crippen LogP contribution in [0, 0.1) is 13.8 Å². The fourth-order valence-electron chi connectivity index (χ4n) is 2.57. The molecular weight excluding hydrogens is 266 g/mol. The van der Waals surface area contributed by atoms with E-state index in [1.54, 1.807) is 0 Å². The first-order valence-electron chi connectivity index (χ1n) is 6.99. The van der Waals surface area contributed by atoms with Gasteiger partial charge in [-0.25, -0.2) is 15.8 Å². The lowest BCUT2D eigenvalue weighted by molar-refractivity contribution is 0.274. The van der Waals surface area contributed by atoms with Crippen molar-refractivity contribution in [3.63, 3.8) is 0 Å². The van der Waals surface area contributed by atoms with Gasteiger partial charge in [0.1, 0.15) is 23.2 Å². The van der Waals surface area contributed by atoms with Crippen LogP contribution in [-0.4, -0.2) is 16.6 Å². The molecule has 0 spiro atoms. The summed E-state index contributed by atoms with van der Waals surface area (Å²) in [6.45, 7) is 4.49. The number of fused-ring (bicyclic) bond motifs is 1. The summed E-state index contributed by atoms with van der Waals surface area (Å²) in [5, 5.41) is 3.49. The van der Waals surface area contributed by atoms with Gasteiger partial charge in [0.25, 0.3) is 0 Å². The van der Waals surface area contributed by atoms with Gasteiger partial charge in [0.2, 0.25) is 0 Å². The van der Waals surface area contributed by atoms with Crippen molar-refractivity contribution in [3.8, 4) is 5.75 Å². The van der Waals surface area contributed by atoms with Crippen LogP contribution in [-0.2, 0) is 0 Å². The topological polar surface area (TPSA) is 85.1 Å². The Labute approximate surface area is 123 Å². The maximum Gasteiger partial charge on any atom is 0.148 e. The average molecular weight is 285 g/mol. The highest BCUT2D eigenvalue weighted by Gasteiger charge is 2.22. The second-order valence-corrected chi connectivity index (χ2v) is 5.11. The maximum atomic E-state index is 5.69. The van der Waals surface area contributed by atoms with E-state index in [0.717, 1.165) is 29.1 Å². The zero-order chi connectivity index (χ0) is 14.8. The SMILES string of the molecule is Cc1nc(NN)c(C)c(NC2CCOc3ccccc32)n1. The number of nitrogen functional groups attached to an aromatic ring is 1. The van der Waals surface area contributed by atoms with Crippen molar-refractivity contribution in [2.45, 2.75) is 26.3 Å². The number of nitrogens with two attached hydrogens (primary N) is 1. The molecule has 4 N–H and O–H groups in total. The Kier molecular flexibility index (Phi) is 3.62. The van der Waals surface area contributed by atoms with Crippen molar-refractivity contribution in [1.82, 2.24) is 9.97 Å². The number of nitrogens with zero attached hydrogens (tertiary/aromatic N) is 2. The van der Waals surface area contributed by atoms with Crippen LogP contribution >= 0.6 is 0 Å². The van der Waals surface area contributed by atoms with Gasteiger partial charge in [0.15, 0.2) is 0 Å². The molecule has 3 rings (SSSR count). The van der Waals surface area contributed by atoms with Crippen molar-refractivity contribution in [3.05, 3.63) is 41.2 Å². The van der Waals surface area contributed by atoms with E-state index in [0.29, 0.717) is 18.2 Å². The smallest absolute Gasteiger partial charge is 0.148 e. The van der Waals surface area contributed by atoms with Gasteiger partial charge in [-0.05, 0) is 19.9 Å². The molecule has 0 saturated heterocycles. The molecule has 0 amide bonds. The summed E-state index contributed by atoms with van der Waals surface area (Å²) in [4.78, 5) is 8.77. The molecule has 1 aromatic carbocycles. The summed E-state index contributed by atoms with van der Waals surface area (Å²) in [6, 6.07) is 8.25. The van der Waals surface area contributed by atoms with Gasteiger partial charge in [0, 0.05) is 17.5 Å². The van der Waals surface area contributed by atoms with E-state index in [9.17, 15) is 0 Å². The fraction of sp³-hybridized carbons (Fsp3) is 0.333. The molecule has 1 aliphatic heterocycles. The van der Waals surface area contributed by atoms with Crippen molar-refractivity contribution in [2.24, 2.45) is 5.84 Å². The number of rotatable bonds is 3. The first-order chi connectivity index (χ1) is 10.2. The van der Waals surface area contributed by atoms with Gasteiger partial charge in [-0.3, -0.25) is 0 Å². The minimum absolute atomic E-state index is 0.175. The van der Waals surface area contributed by atoms with Crippen LogP contribution in [0.4, 0.5) is 11.6 Å². The summed E-state index contributed by atoms with van der Waals surface area (Å²) in [5.74, 6) is 8.57. The molecule has 1 atom stereocenters. The standard InChI is InChI=1S/C15H19N5O/c1-9-14(17-10(2)18-15(9)20-16)19-12-7-8-21-13-6-4-3-5-11(12)13/h3-6,12H,7-8,16H2,1-2H3,(H2,17,18,19,20). The van der Waals surface area contributed by atoms with Crippen LogP contribution in [0.5, 0.6) is 5.75 Å². The Balaban J connectivity index is 1.93. The van der Waals surface area contributed by atoms with E-state index in [1.807, 2.05) is 32.0 Å². The number of anilines is 2. The van der Waals surface area contributed by atoms with Crippen LogP contribution in [0.1, 0.15) is 29.4 Å². The molecule has 0 saturated carbocycles. The van der Waals surface area contributed by atoms with E-state index < -0.39 is 0 Å². The predicted molar refractivity (Wildman–Crippen MR) is 82.2 cm³/mol. The number of nitrogens with one attached hydrogen (secondary N) is 2. The number of para-hydroxylation sites is 1. The molecule has 6 nitrogen and oxygen atoms in total. The molecular formula is C15H19N5O. The van der Waals surface area contributed by atoms with E-state index in [1.165, 1.54) is 0 Å². The highest BCUT2D eigenvalue weighted by Crippen LogP contribution is 2.34. The highest BCUT2D eigenvalue weighted by atomic mass is 16.5. The summed E-state index contributed by atoms with van der Waals surface area (Å²) in [7, 11) is 0. The summed E-state index contributed by atoms with van der Waals surface area (Å²) in [5.41, 5.74) is 4.68. The van der Waals surface area contributed by atoms with Crippen LogP contribution < -0.4 is 21.3 Å². The summed E-state index contributed by atoms with van der Waals surface area (Å²) < 4.78 is 5.69. The zero-order valence-electron chi connectivity index (χ0n) is 12.2. The molecule has 0 fully saturated rings. The summed E-state index contributed by atoms with van der Waals surface area (Å²) in [6.07, 6.45) is 0.894. The molecule has 1 unspecified atom stereocenters. The molecule has 1 aromatic heterocycles. The fourth-order valence-corrected chi connectivity index (χ4v) is 2.57. The minimum Gasteiger partial charge on any atom is -0.493 e. The van der Waals surface area contributed by atoms with E-state index in [2.05, 4.69) is 26.8 Å². The lowest BCUT2D eigenvalue weighted by Crippen LogP contribution is -2.22. The molecule has 0 bridgehead atoms. The Morgan fingerprint density at radius 3 is 2.76 bits per heavy atom. The first-order valence-corrected chi connectivity index (χ1v) is 6.99. The first kappa shape index (κ1) is 13.6. The van der Waals surface area contributed by atoms with Crippen molar-refractivity contribution >= 4 is 11.6 Å². The zero-order valence-corrected chi connectivity index (χ0v) is 12.2. The Bertz CT molecular complexity index is 659. The number of ether oxygens (including phenoxy) is 1. The van der Waals surface area contributed by atoms with Gasteiger partial charge in [0.05, 0.1) is 12.6 Å². The second kappa shape index (κ2) is 5.57. The van der Waals surface area contributed by atoms with Crippen LogP contribution in [0.3, 0.4) is 0 Å². The quantitative estimate of drug-likeness (QED) is 0.593. The normalized spacial score (nSPS) is 16.8. The number of hydrogen-bond donors (Lipinski definition) is 3. The number of benzene rings is 1. The van der Waals surface area contributed by atoms with Gasteiger partial charge in [-0.15, -0.1) is 0 Å². The Morgan fingerprint density at radius 2 is 1.95 bits per heavy atom. The number of hydrazine groups is 1. The van der Waals surface area contributed by atoms with Crippen LogP contribution in [0.25, 0.3) is 0 Å². The molecule has 2 aromatic rings. The lowest BCUT2D eigenvalue weighted by atomic mass is 10.0. The lowest BCUT2D eigenvalue weighted by Gasteiger charge is -2.27.